The maximum absolute atomic E-state index is 6.12. The van der Waals surface area contributed by atoms with Gasteiger partial charge in [0, 0.05) is 44.8 Å². The zero-order chi connectivity index (χ0) is 14.5. The molecule has 0 aromatic carbocycles. The molecule has 3 aliphatic rings. The molecule has 4 nitrogen and oxygen atoms in total. The van der Waals surface area contributed by atoms with Gasteiger partial charge in [0.2, 0.25) is 0 Å². The van der Waals surface area contributed by atoms with Crippen LogP contribution in [0.25, 0.3) is 0 Å². The molecule has 3 fully saturated rings. The molecule has 0 bridgehead atoms. The third kappa shape index (κ3) is 4.19. The van der Waals surface area contributed by atoms with Crippen LogP contribution in [-0.2, 0) is 4.74 Å². The summed E-state index contributed by atoms with van der Waals surface area (Å²) in [6.45, 7) is 7.39. The smallest absolute Gasteiger partial charge is 0.0594 e. The average molecular weight is 295 g/mol. The fourth-order valence-electron chi connectivity index (χ4n) is 4.54. The van der Waals surface area contributed by atoms with Crippen molar-refractivity contribution >= 4 is 0 Å². The van der Waals surface area contributed by atoms with Gasteiger partial charge in [0.25, 0.3) is 0 Å². The minimum absolute atomic E-state index is 0.624. The fourth-order valence-corrected chi connectivity index (χ4v) is 4.54. The summed E-state index contributed by atoms with van der Waals surface area (Å²) in [5, 5.41) is 0. The van der Waals surface area contributed by atoms with Crippen molar-refractivity contribution in [2.24, 2.45) is 11.7 Å². The molecule has 2 saturated heterocycles. The van der Waals surface area contributed by atoms with E-state index in [2.05, 4.69) is 9.80 Å². The second kappa shape index (κ2) is 7.91. The Bertz CT molecular complexity index is 300. The van der Waals surface area contributed by atoms with Gasteiger partial charge in [-0.25, -0.2) is 0 Å². The number of nitrogens with zero attached hydrogens (tertiary/aromatic N) is 2. The first-order valence-corrected chi connectivity index (χ1v) is 9.12. The summed E-state index contributed by atoms with van der Waals surface area (Å²) in [7, 11) is 0. The highest BCUT2D eigenvalue weighted by atomic mass is 16.5. The van der Waals surface area contributed by atoms with E-state index in [4.69, 9.17) is 10.5 Å². The van der Waals surface area contributed by atoms with Gasteiger partial charge in [-0.2, -0.15) is 0 Å². The lowest BCUT2D eigenvalue weighted by Gasteiger charge is -2.34. The number of nitrogens with two attached hydrogens (primary N) is 1. The van der Waals surface area contributed by atoms with Crippen LogP contribution in [0.5, 0.6) is 0 Å². The van der Waals surface area contributed by atoms with E-state index in [0.29, 0.717) is 6.04 Å². The highest BCUT2D eigenvalue weighted by Gasteiger charge is 2.32. The molecular weight excluding hydrogens is 262 g/mol. The van der Waals surface area contributed by atoms with Gasteiger partial charge in [0.15, 0.2) is 0 Å². The van der Waals surface area contributed by atoms with E-state index >= 15 is 0 Å². The molecule has 21 heavy (non-hydrogen) atoms. The minimum Gasteiger partial charge on any atom is -0.379 e. The van der Waals surface area contributed by atoms with Crippen molar-refractivity contribution in [1.29, 1.82) is 0 Å². The van der Waals surface area contributed by atoms with Crippen LogP contribution in [0.3, 0.4) is 0 Å². The fraction of sp³-hybridized carbons (Fsp3) is 1.00. The van der Waals surface area contributed by atoms with Crippen molar-refractivity contribution in [3.05, 3.63) is 0 Å². The van der Waals surface area contributed by atoms with E-state index in [9.17, 15) is 0 Å². The van der Waals surface area contributed by atoms with E-state index in [1.165, 1.54) is 58.0 Å². The summed E-state index contributed by atoms with van der Waals surface area (Å²) < 4.78 is 5.48. The second-order valence-corrected chi connectivity index (χ2v) is 7.22. The van der Waals surface area contributed by atoms with Crippen molar-refractivity contribution in [3.8, 4) is 0 Å². The maximum Gasteiger partial charge on any atom is 0.0594 e. The second-order valence-electron chi connectivity index (χ2n) is 7.22. The predicted octanol–water partition coefficient (Wildman–Crippen LogP) is 1.69. The molecular formula is C17H33N3O. The van der Waals surface area contributed by atoms with E-state index < -0.39 is 0 Å². The van der Waals surface area contributed by atoms with Crippen molar-refractivity contribution in [2.75, 3.05) is 45.9 Å². The predicted molar refractivity (Wildman–Crippen MR) is 86.4 cm³/mol. The molecule has 0 amide bonds. The summed E-state index contributed by atoms with van der Waals surface area (Å²) in [6.07, 6.45) is 9.88. The van der Waals surface area contributed by atoms with Crippen molar-refractivity contribution in [1.82, 2.24) is 9.80 Å². The maximum atomic E-state index is 6.12. The molecule has 0 aromatic heterocycles. The molecule has 4 heteroatoms. The van der Waals surface area contributed by atoms with Gasteiger partial charge in [-0.15, -0.1) is 0 Å². The van der Waals surface area contributed by atoms with Crippen LogP contribution in [0.1, 0.15) is 44.9 Å². The van der Waals surface area contributed by atoms with Gasteiger partial charge in [-0.05, 0) is 18.8 Å². The van der Waals surface area contributed by atoms with Gasteiger partial charge < -0.3 is 10.5 Å². The molecule has 2 N–H and O–H groups in total. The summed E-state index contributed by atoms with van der Waals surface area (Å²) >= 11 is 0. The topological polar surface area (TPSA) is 41.7 Å². The number of hydrogen-bond donors (Lipinski definition) is 1. The first-order chi connectivity index (χ1) is 10.4. The molecule has 2 heterocycles. The summed E-state index contributed by atoms with van der Waals surface area (Å²) in [6, 6.07) is 1.37. The van der Waals surface area contributed by atoms with Crippen LogP contribution >= 0.6 is 0 Å². The third-order valence-corrected chi connectivity index (χ3v) is 5.88. The van der Waals surface area contributed by atoms with E-state index in [-0.39, 0.29) is 0 Å². The highest BCUT2D eigenvalue weighted by Crippen LogP contribution is 2.30. The Kier molecular flexibility index (Phi) is 5.92. The van der Waals surface area contributed by atoms with Crippen LogP contribution in [0.4, 0.5) is 0 Å². The van der Waals surface area contributed by atoms with E-state index in [1.807, 2.05) is 0 Å². The number of hydrogen-bond acceptors (Lipinski definition) is 4. The third-order valence-electron chi connectivity index (χ3n) is 5.88. The van der Waals surface area contributed by atoms with Gasteiger partial charge in [0.1, 0.15) is 0 Å². The van der Waals surface area contributed by atoms with Crippen molar-refractivity contribution < 1.29 is 4.74 Å². The molecule has 0 aromatic rings. The Morgan fingerprint density at radius 1 is 1.00 bits per heavy atom. The van der Waals surface area contributed by atoms with E-state index in [1.54, 1.807) is 0 Å². The number of rotatable bonds is 5. The molecule has 0 spiro atoms. The Labute approximate surface area is 130 Å². The minimum atomic E-state index is 0.624. The number of morpholine rings is 1. The van der Waals surface area contributed by atoms with Gasteiger partial charge in [-0.1, -0.05) is 32.1 Å². The summed E-state index contributed by atoms with van der Waals surface area (Å²) in [5.41, 5.74) is 6.12. The molecule has 0 radical (unpaired) electrons. The lowest BCUT2D eigenvalue weighted by molar-refractivity contribution is 0.0173. The largest absolute Gasteiger partial charge is 0.379 e. The van der Waals surface area contributed by atoms with Gasteiger partial charge in [-0.3, -0.25) is 9.80 Å². The monoisotopic (exact) mass is 295 g/mol. The molecule has 122 valence electrons. The van der Waals surface area contributed by atoms with Crippen LogP contribution in [0.15, 0.2) is 0 Å². The van der Waals surface area contributed by atoms with Gasteiger partial charge >= 0.3 is 0 Å². The van der Waals surface area contributed by atoms with Crippen molar-refractivity contribution in [2.45, 2.75) is 57.0 Å². The molecule has 1 aliphatic carbocycles. The SMILES string of the molecule is NCC(CC1CCCCC1)N1CCC(N2CCOCC2)C1. The van der Waals surface area contributed by atoms with Crippen LogP contribution < -0.4 is 5.73 Å². The average Bonchev–Trinajstić information content (AvgIpc) is 3.04. The first-order valence-electron chi connectivity index (χ1n) is 9.12. The Balaban J connectivity index is 1.48. The number of likely N-dealkylation sites (tertiary alicyclic amines) is 1. The molecule has 2 aliphatic heterocycles. The standard InChI is InChI=1S/C17H33N3O/c18-13-17(12-15-4-2-1-3-5-15)20-7-6-16(14-20)19-8-10-21-11-9-19/h15-17H,1-14,18H2. The zero-order valence-electron chi connectivity index (χ0n) is 13.5. The van der Waals surface area contributed by atoms with E-state index in [0.717, 1.165) is 44.8 Å². The Morgan fingerprint density at radius 2 is 1.76 bits per heavy atom. The molecule has 2 unspecified atom stereocenters. The number of ether oxygens (including phenoxy) is 1. The van der Waals surface area contributed by atoms with Crippen LogP contribution in [0, 0.1) is 5.92 Å². The quantitative estimate of drug-likeness (QED) is 0.838. The molecule has 3 rings (SSSR count). The highest BCUT2D eigenvalue weighted by molar-refractivity contribution is 4.89. The zero-order valence-corrected chi connectivity index (χ0v) is 13.5. The summed E-state index contributed by atoms with van der Waals surface area (Å²) in [5.74, 6) is 0.940. The van der Waals surface area contributed by atoms with Crippen LogP contribution in [0.2, 0.25) is 0 Å². The normalized spacial score (nSPS) is 31.6. The molecule has 1 saturated carbocycles. The lowest BCUT2D eigenvalue weighted by atomic mass is 9.84. The van der Waals surface area contributed by atoms with Gasteiger partial charge in [0.05, 0.1) is 13.2 Å². The van der Waals surface area contributed by atoms with Crippen LogP contribution in [-0.4, -0.2) is 67.8 Å². The summed E-state index contributed by atoms with van der Waals surface area (Å²) in [4.78, 5) is 5.33. The molecule has 2 atom stereocenters. The lowest BCUT2D eigenvalue weighted by Crippen LogP contribution is -2.47. The first kappa shape index (κ1) is 15.7. The van der Waals surface area contributed by atoms with Crippen molar-refractivity contribution in [3.63, 3.8) is 0 Å². The Hall–Kier alpha value is -0.160. The Morgan fingerprint density at radius 3 is 2.48 bits per heavy atom.